The third-order valence-corrected chi connectivity index (χ3v) is 5.18. The lowest BCUT2D eigenvalue weighted by Gasteiger charge is -2.48. The van der Waals surface area contributed by atoms with Crippen LogP contribution in [0.25, 0.3) is 0 Å². The second kappa shape index (κ2) is 7.18. The first-order valence-electron chi connectivity index (χ1n) is 7.96. The van der Waals surface area contributed by atoms with Gasteiger partial charge in [0.05, 0.1) is 6.61 Å². The zero-order chi connectivity index (χ0) is 14.6. The highest BCUT2D eigenvalue weighted by Crippen LogP contribution is 2.31. The van der Waals surface area contributed by atoms with E-state index in [4.69, 9.17) is 10.5 Å². The van der Waals surface area contributed by atoms with Crippen molar-refractivity contribution in [3.05, 3.63) is 0 Å². The third kappa shape index (κ3) is 3.71. The molecule has 0 aliphatic carbocycles. The minimum atomic E-state index is 0.115. The summed E-state index contributed by atoms with van der Waals surface area (Å²) in [5.74, 6) is 0.598. The summed E-state index contributed by atoms with van der Waals surface area (Å²) < 4.78 is 5.58. The van der Waals surface area contributed by atoms with Crippen molar-refractivity contribution in [1.82, 2.24) is 14.7 Å². The molecule has 0 aromatic rings. The first-order chi connectivity index (χ1) is 9.56. The molecule has 2 saturated heterocycles. The average molecular weight is 284 g/mol. The van der Waals surface area contributed by atoms with E-state index in [2.05, 4.69) is 35.7 Å². The third-order valence-electron chi connectivity index (χ3n) is 5.18. The van der Waals surface area contributed by atoms with E-state index >= 15 is 0 Å². The normalized spacial score (nSPS) is 28.9. The van der Waals surface area contributed by atoms with E-state index in [0.717, 1.165) is 58.9 Å². The molecule has 118 valence electrons. The van der Waals surface area contributed by atoms with Gasteiger partial charge in [-0.05, 0) is 27.4 Å². The molecule has 2 heterocycles. The molecule has 0 spiro atoms. The van der Waals surface area contributed by atoms with E-state index in [1.807, 2.05) is 0 Å². The number of rotatable bonds is 6. The van der Waals surface area contributed by atoms with Gasteiger partial charge in [0.15, 0.2) is 0 Å². The number of hydrogen-bond donors (Lipinski definition) is 1. The zero-order valence-corrected chi connectivity index (χ0v) is 13.5. The number of likely N-dealkylation sites (N-methyl/N-ethyl adjacent to an activating group) is 1. The van der Waals surface area contributed by atoms with E-state index in [1.165, 1.54) is 6.54 Å². The second-order valence-electron chi connectivity index (χ2n) is 6.75. The number of nitrogens with two attached hydrogens (primary N) is 1. The monoisotopic (exact) mass is 284 g/mol. The van der Waals surface area contributed by atoms with E-state index in [1.54, 1.807) is 0 Å². The summed E-state index contributed by atoms with van der Waals surface area (Å²) in [5, 5.41) is 0. The fourth-order valence-corrected chi connectivity index (χ4v) is 3.40. The zero-order valence-electron chi connectivity index (χ0n) is 13.5. The Labute approximate surface area is 124 Å². The van der Waals surface area contributed by atoms with Crippen molar-refractivity contribution in [1.29, 1.82) is 0 Å². The molecule has 0 radical (unpaired) electrons. The molecule has 0 bridgehead atoms. The van der Waals surface area contributed by atoms with Crippen LogP contribution < -0.4 is 5.73 Å². The molecule has 20 heavy (non-hydrogen) atoms. The highest BCUT2D eigenvalue weighted by atomic mass is 16.5. The maximum absolute atomic E-state index is 6.13. The van der Waals surface area contributed by atoms with E-state index in [9.17, 15) is 0 Å². The van der Waals surface area contributed by atoms with Gasteiger partial charge in [0.1, 0.15) is 0 Å². The summed E-state index contributed by atoms with van der Waals surface area (Å²) in [6, 6.07) is 0. The lowest BCUT2D eigenvalue weighted by atomic mass is 9.82. The molecule has 2 N–H and O–H groups in total. The first-order valence-corrected chi connectivity index (χ1v) is 7.96. The molecule has 5 heteroatoms. The fourth-order valence-electron chi connectivity index (χ4n) is 3.40. The van der Waals surface area contributed by atoms with Crippen LogP contribution in [-0.4, -0.2) is 93.4 Å². The summed E-state index contributed by atoms with van der Waals surface area (Å²) in [6.45, 7) is 11.8. The molecule has 2 aliphatic heterocycles. The number of nitrogens with zero attached hydrogens (tertiary/aromatic N) is 3. The van der Waals surface area contributed by atoms with Crippen molar-refractivity contribution in [2.75, 3.05) is 73.1 Å². The molecule has 2 unspecified atom stereocenters. The van der Waals surface area contributed by atoms with Crippen molar-refractivity contribution in [3.63, 3.8) is 0 Å². The van der Waals surface area contributed by atoms with Gasteiger partial charge in [0.25, 0.3) is 0 Å². The van der Waals surface area contributed by atoms with Crippen molar-refractivity contribution < 1.29 is 4.74 Å². The van der Waals surface area contributed by atoms with Crippen LogP contribution in [0.4, 0.5) is 0 Å². The van der Waals surface area contributed by atoms with Crippen molar-refractivity contribution in [3.8, 4) is 0 Å². The van der Waals surface area contributed by atoms with E-state index in [-0.39, 0.29) is 5.54 Å². The predicted molar refractivity (Wildman–Crippen MR) is 83.0 cm³/mol. The average Bonchev–Trinajstić information content (AvgIpc) is 2.99. The Balaban J connectivity index is 1.84. The molecule has 0 aromatic carbocycles. The van der Waals surface area contributed by atoms with Crippen molar-refractivity contribution in [2.24, 2.45) is 11.7 Å². The van der Waals surface area contributed by atoms with E-state index < -0.39 is 0 Å². The summed E-state index contributed by atoms with van der Waals surface area (Å²) in [4.78, 5) is 7.43. The van der Waals surface area contributed by atoms with Gasteiger partial charge >= 0.3 is 0 Å². The van der Waals surface area contributed by atoms with Crippen LogP contribution in [0.3, 0.4) is 0 Å². The Morgan fingerprint density at radius 1 is 1.25 bits per heavy atom. The maximum Gasteiger partial charge on any atom is 0.0513 e. The van der Waals surface area contributed by atoms with Gasteiger partial charge in [-0.1, -0.05) is 0 Å². The van der Waals surface area contributed by atoms with E-state index in [0.29, 0.717) is 5.92 Å². The van der Waals surface area contributed by atoms with Crippen LogP contribution in [0.15, 0.2) is 0 Å². The lowest BCUT2D eigenvalue weighted by molar-refractivity contribution is 0.00548. The van der Waals surface area contributed by atoms with Gasteiger partial charge < -0.3 is 15.4 Å². The van der Waals surface area contributed by atoms with Gasteiger partial charge in [-0.25, -0.2) is 0 Å². The molecular weight excluding hydrogens is 252 g/mol. The van der Waals surface area contributed by atoms with Gasteiger partial charge in [-0.3, -0.25) is 9.80 Å². The lowest BCUT2D eigenvalue weighted by Crippen LogP contribution is -2.62. The predicted octanol–water partition coefficient (Wildman–Crippen LogP) is -0.0805. The van der Waals surface area contributed by atoms with Gasteiger partial charge in [0.2, 0.25) is 0 Å². The summed E-state index contributed by atoms with van der Waals surface area (Å²) in [5.41, 5.74) is 6.25. The van der Waals surface area contributed by atoms with Crippen LogP contribution in [0.5, 0.6) is 0 Å². The molecule has 5 nitrogen and oxygen atoms in total. The van der Waals surface area contributed by atoms with Crippen LogP contribution in [-0.2, 0) is 4.74 Å². The van der Waals surface area contributed by atoms with Crippen LogP contribution in [0.2, 0.25) is 0 Å². The van der Waals surface area contributed by atoms with Gasteiger partial charge in [-0.2, -0.15) is 0 Å². The molecule has 0 aromatic heterocycles. The van der Waals surface area contributed by atoms with Crippen LogP contribution in [0, 0.1) is 5.92 Å². The quantitative estimate of drug-likeness (QED) is 0.739. The Morgan fingerprint density at radius 3 is 2.45 bits per heavy atom. The largest absolute Gasteiger partial charge is 0.381 e. The highest BCUT2D eigenvalue weighted by Gasteiger charge is 2.41. The first kappa shape index (κ1) is 16.2. The topological polar surface area (TPSA) is 45.0 Å². The molecule has 0 saturated carbocycles. The van der Waals surface area contributed by atoms with Crippen molar-refractivity contribution in [2.45, 2.75) is 18.9 Å². The second-order valence-corrected chi connectivity index (χ2v) is 6.75. The van der Waals surface area contributed by atoms with Crippen LogP contribution >= 0.6 is 0 Å². The van der Waals surface area contributed by atoms with Gasteiger partial charge in [0, 0.05) is 63.9 Å². The minimum Gasteiger partial charge on any atom is -0.381 e. The standard InChI is InChI=1S/C15H32N4O/c1-15(13-16,14-4-11-20-12-14)19-9-7-18(8-10-19)6-5-17(2)3/h14H,4-13,16H2,1-3H3. The summed E-state index contributed by atoms with van der Waals surface area (Å²) in [6.07, 6.45) is 1.16. The SMILES string of the molecule is CN(C)CCN1CCN(C(C)(CN)C2CCOC2)CC1. The van der Waals surface area contributed by atoms with Crippen molar-refractivity contribution >= 4 is 0 Å². The molecule has 2 aliphatic rings. The molecular formula is C15H32N4O. The molecule has 2 atom stereocenters. The highest BCUT2D eigenvalue weighted by molar-refractivity contribution is 4.97. The Bertz CT molecular complexity index is 286. The smallest absolute Gasteiger partial charge is 0.0513 e. The molecule has 2 rings (SSSR count). The summed E-state index contributed by atoms with van der Waals surface area (Å²) >= 11 is 0. The molecule has 0 amide bonds. The maximum atomic E-state index is 6.13. The molecule has 2 fully saturated rings. The van der Waals surface area contributed by atoms with Crippen LogP contribution in [0.1, 0.15) is 13.3 Å². The Kier molecular flexibility index (Phi) is 5.81. The fraction of sp³-hybridized carbons (Fsp3) is 1.00. The number of piperazine rings is 1. The number of hydrogen-bond acceptors (Lipinski definition) is 5. The minimum absolute atomic E-state index is 0.115. The number of ether oxygens (including phenoxy) is 1. The van der Waals surface area contributed by atoms with Gasteiger partial charge in [-0.15, -0.1) is 0 Å². The summed E-state index contributed by atoms with van der Waals surface area (Å²) in [7, 11) is 4.28. The Hall–Kier alpha value is -0.200. The Morgan fingerprint density at radius 2 is 1.95 bits per heavy atom.